The maximum atomic E-state index is 13.0. The van der Waals surface area contributed by atoms with E-state index in [1.165, 1.54) is 6.20 Å². The van der Waals surface area contributed by atoms with Gasteiger partial charge in [0, 0.05) is 18.8 Å². The smallest absolute Gasteiger partial charge is 0.262 e. The second-order valence-electron chi connectivity index (χ2n) is 5.44. The minimum absolute atomic E-state index is 0.0138. The zero-order valence-electron chi connectivity index (χ0n) is 13.2. The SMILES string of the molecule is CCC(CC)N(CC(C)C)S(=O)(=O)c1ncccc1NN. The number of hydrogen-bond donors (Lipinski definition) is 2. The summed E-state index contributed by atoms with van der Waals surface area (Å²) in [6.07, 6.45) is 3.00. The Kier molecular flexibility index (Phi) is 6.57. The van der Waals surface area contributed by atoms with E-state index in [9.17, 15) is 8.42 Å². The van der Waals surface area contributed by atoms with Crippen LogP contribution in [0.2, 0.25) is 0 Å². The van der Waals surface area contributed by atoms with E-state index in [1.807, 2.05) is 27.7 Å². The number of nitrogens with zero attached hydrogens (tertiary/aromatic N) is 2. The van der Waals surface area contributed by atoms with Crippen LogP contribution in [0.5, 0.6) is 0 Å². The summed E-state index contributed by atoms with van der Waals surface area (Å²) in [6.45, 7) is 8.47. The van der Waals surface area contributed by atoms with Crippen LogP contribution in [-0.4, -0.2) is 30.3 Å². The van der Waals surface area contributed by atoms with Gasteiger partial charge in [0.2, 0.25) is 0 Å². The quantitative estimate of drug-likeness (QED) is 0.567. The molecular weight excluding hydrogens is 288 g/mol. The number of nitrogen functional groups attached to an aromatic ring is 1. The normalized spacial score (nSPS) is 12.4. The van der Waals surface area contributed by atoms with Crippen molar-refractivity contribution in [3.63, 3.8) is 0 Å². The molecule has 0 spiro atoms. The number of hydrogen-bond acceptors (Lipinski definition) is 5. The Morgan fingerprint density at radius 1 is 1.33 bits per heavy atom. The highest BCUT2D eigenvalue weighted by molar-refractivity contribution is 7.89. The standard InChI is InChI=1S/C14H26N4O2S/c1-5-12(6-2)18(10-11(3)4)21(19,20)14-13(17-15)8-7-9-16-14/h7-9,11-12,17H,5-6,10,15H2,1-4H3. The number of nitrogens with two attached hydrogens (primary N) is 1. The second-order valence-corrected chi connectivity index (χ2v) is 7.25. The fraction of sp³-hybridized carbons (Fsp3) is 0.643. The molecule has 3 N–H and O–H groups in total. The molecule has 0 atom stereocenters. The summed E-state index contributed by atoms with van der Waals surface area (Å²) in [5.41, 5.74) is 2.73. The number of aromatic nitrogens is 1. The van der Waals surface area contributed by atoms with E-state index in [1.54, 1.807) is 16.4 Å². The first-order valence-electron chi connectivity index (χ1n) is 7.31. The van der Waals surface area contributed by atoms with Gasteiger partial charge in [0.15, 0.2) is 5.03 Å². The summed E-state index contributed by atoms with van der Waals surface area (Å²) in [6, 6.07) is 3.23. The predicted octanol–water partition coefficient (Wildman–Crippen LogP) is 2.20. The molecule has 1 rings (SSSR count). The molecule has 1 heterocycles. The van der Waals surface area contributed by atoms with Crippen molar-refractivity contribution >= 4 is 15.7 Å². The van der Waals surface area contributed by atoms with E-state index < -0.39 is 10.0 Å². The minimum atomic E-state index is -3.68. The summed E-state index contributed by atoms with van der Waals surface area (Å²) in [5.74, 6) is 5.65. The highest BCUT2D eigenvalue weighted by Crippen LogP contribution is 2.25. The lowest BCUT2D eigenvalue weighted by Crippen LogP contribution is -2.42. The lowest BCUT2D eigenvalue weighted by Gasteiger charge is -2.31. The number of nitrogens with one attached hydrogen (secondary N) is 1. The van der Waals surface area contributed by atoms with Gasteiger partial charge in [0.05, 0.1) is 5.69 Å². The van der Waals surface area contributed by atoms with Crippen molar-refractivity contribution in [2.24, 2.45) is 11.8 Å². The van der Waals surface area contributed by atoms with Crippen molar-refractivity contribution in [1.82, 2.24) is 9.29 Å². The number of pyridine rings is 1. The van der Waals surface area contributed by atoms with Crippen LogP contribution in [0.4, 0.5) is 5.69 Å². The monoisotopic (exact) mass is 314 g/mol. The summed E-state index contributed by atoms with van der Waals surface area (Å²) >= 11 is 0. The Morgan fingerprint density at radius 3 is 2.43 bits per heavy atom. The minimum Gasteiger partial charge on any atom is -0.321 e. The Labute approximate surface area is 127 Å². The Balaban J connectivity index is 3.32. The molecule has 0 aromatic carbocycles. The Morgan fingerprint density at radius 2 is 1.95 bits per heavy atom. The van der Waals surface area contributed by atoms with Gasteiger partial charge in [-0.05, 0) is 30.9 Å². The van der Waals surface area contributed by atoms with Crippen molar-refractivity contribution in [3.8, 4) is 0 Å². The van der Waals surface area contributed by atoms with Crippen molar-refractivity contribution in [3.05, 3.63) is 18.3 Å². The molecule has 120 valence electrons. The third kappa shape index (κ3) is 4.15. The van der Waals surface area contributed by atoms with Crippen LogP contribution in [0.15, 0.2) is 23.4 Å². The van der Waals surface area contributed by atoms with E-state index in [0.717, 1.165) is 12.8 Å². The Hall–Kier alpha value is -1.18. The van der Waals surface area contributed by atoms with Crippen molar-refractivity contribution in [2.45, 2.75) is 51.6 Å². The molecule has 0 amide bonds. The molecule has 0 fully saturated rings. The topological polar surface area (TPSA) is 88.3 Å². The van der Waals surface area contributed by atoms with Crippen molar-refractivity contribution < 1.29 is 8.42 Å². The van der Waals surface area contributed by atoms with Crippen LogP contribution in [0.25, 0.3) is 0 Å². The molecule has 0 aliphatic heterocycles. The van der Waals surface area contributed by atoms with Crippen LogP contribution < -0.4 is 11.3 Å². The summed E-state index contributed by atoms with van der Waals surface area (Å²) in [4.78, 5) is 4.03. The van der Waals surface area contributed by atoms with Gasteiger partial charge in [-0.15, -0.1) is 0 Å². The van der Waals surface area contributed by atoms with Crippen LogP contribution >= 0.6 is 0 Å². The van der Waals surface area contributed by atoms with Crippen molar-refractivity contribution in [2.75, 3.05) is 12.0 Å². The van der Waals surface area contributed by atoms with Crippen LogP contribution in [0.1, 0.15) is 40.5 Å². The van der Waals surface area contributed by atoms with E-state index in [2.05, 4.69) is 10.4 Å². The Bertz CT molecular complexity index is 542. The molecule has 0 saturated heterocycles. The van der Waals surface area contributed by atoms with Gasteiger partial charge in [0.25, 0.3) is 10.0 Å². The van der Waals surface area contributed by atoms with Gasteiger partial charge in [-0.3, -0.25) is 5.84 Å². The first-order chi connectivity index (χ1) is 9.88. The molecule has 6 nitrogen and oxygen atoms in total. The lowest BCUT2D eigenvalue weighted by atomic mass is 10.1. The second kappa shape index (κ2) is 7.72. The third-order valence-corrected chi connectivity index (χ3v) is 5.25. The van der Waals surface area contributed by atoms with Gasteiger partial charge in [-0.25, -0.2) is 13.4 Å². The molecule has 0 saturated carbocycles. The number of anilines is 1. The molecule has 1 aromatic rings. The lowest BCUT2D eigenvalue weighted by molar-refractivity contribution is 0.276. The molecule has 0 bridgehead atoms. The maximum Gasteiger partial charge on any atom is 0.262 e. The molecule has 1 aromatic heterocycles. The van der Waals surface area contributed by atoms with E-state index >= 15 is 0 Å². The van der Waals surface area contributed by atoms with Crippen LogP contribution in [0, 0.1) is 5.92 Å². The molecular formula is C14H26N4O2S. The zero-order valence-corrected chi connectivity index (χ0v) is 14.0. The first kappa shape index (κ1) is 17.9. The van der Waals surface area contributed by atoms with Crippen LogP contribution in [-0.2, 0) is 10.0 Å². The predicted molar refractivity (Wildman–Crippen MR) is 85.1 cm³/mol. The molecule has 0 aliphatic rings. The maximum absolute atomic E-state index is 13.0. The number of sulfonamides is 1. The fourth-order valence-electron chi connectivity index (χ4n) is 2.32. The summed E-state index contributed by atoms with van der Waals surface area (Å²) in [5, 5.41) is -0.0138. The number of hydrazine groups is 1. The summed E-state index contributed by atoms with van der Waals surface area (Å²) < 4.78 is 27.5. The van der Waals surface area contributed by atoms with E-state index in [-0.39, 0.29) is 17.0 Å². The molecule has 0 radical (unpaired) electrons. The van der Waals surface area contributed by atoms with E-state index in [0.29, 0.717) is 12.2 Å². The molecule has 21 heavy (non-hydrogen) atoms. The van der Waals surface area contributed by atoms with E-state index in [4.69, 9.17) is 5.84 Å². The molecule has 0 unspecified atom stereocenters. The van der Waals surface area contributed by atoms with Gasteiger partial charge >= 0.3 is 0 Å². The molecule has 7 heteroatoms. The van der Waals surface area contributed by atoms with Crippen LogP contribution in [0.3, 0.4) is 0 Å². The molecule has 0 aliphatic carbocycles. The fourth-order valence-corrected chi connectivity index (χ4v) is 4.32. The third-order valence-electron chi connectivity index (χ3n) is 3.37. The van der Waals surface area contributed by atoms with Gasteiger partial charge in [0.1, 0.15) is 0 Å². The first-order valence-corrected chi connectivity index (χ1v) is 8.75. The van der Waals surface area contributed by atoms with Gasteiger partial charge in [-0.2, -0.15) is 4.31 Å². The van der Waals surface area contributed by atoms with Crippen molar-refractivity contribution in [1.29, 1.82) is 0 Å². The number of rotatable bonds is 8. The van der Waals surface area contributed by atoms with Gasteiger partial charge < -0.3 is 5.43 Å². The highest BCUT2D eigenvalue weighted by Gasteiger charge is 2.33. The summed E-state index contributed by atoms with van der Waals surface area (Å²) in [7, 11) is -3.68. The van der Waals surface area contributed by atoms with Gasteiger partial charge in [-0.1, -0.05) is 27.7 Å². The average Bonchev–Trinajstić information content (AvgIpc) is 2.47. The average molecular weight is 314 g/mol. The largest absolute Gasteiger partial charge is 0.321 e. The zero-order chi connectivity index (χ0) is 16.0. The highest BCUT2D eigenvalue weighted by atomic mass is 32.2.